The number of hydrogen-bond acceptors (Lipinski definition) is 3. The molecular formula is C26H18ClFN2O. The van der Waals surface area contributed by atoms with E-state index in [9.17, 15) is 4.39 Å². The molecule has 0 fully saturated rings. The first-order valence-corrected chi connectivity index (χ1v) is 10.6. The van der Waals surface area contributed by atoms with Crippen LogP contribution < -0.4 is 4.74 Å². The summed E-state index contributed by atoms with van der Waals surface area (Å²) in [5.41, 5.74) is 3.97. The van der Waals surface area contributed by atoms with Crippen molar-refractivity contribution in [1.29, 1.82) is 0 Å². The molecule has 2 unspecified atom stereocenters. The second kappa shape index (κ2) is 7.10. The molecule has 4 aromatic rings. The van der Waals surface area contributed by atoms with Gasteiger partial charge in [0.15, 0.2) is 0 Å². The van der Waals surface area contributed by atoms with Gasteiger partial charge in [-0.05, 0) is 52.7 Å². The van der Waals surface area contributed by atoms with Crippen molar-refractivity contribution >= 4 is 28.1 Å². The Morgan fingerprint density at radius 3 is 2.55 bits per heavy atom. The van der Waals surface area contributed by atoms with Crippen molar-refractivity contribution < 1.29 is 9.13 Å². The molecular weight excluding hydrogens is 411 g/mol. The van der Waals surface area contributed by atoms with E-state index >= 15 is 0 Å². The lowest BCUT2D eigenvalue weighted by atomic mass is 9.95. The molecule has 0 amide bonds. The summed E-state index contributed by atoms with van der Waals surface area (Å²) in [6.45, 7) is 0. The van der Waals surface area contributed by atoms with Crippen LogP contribution in [0.3, 0.4) is 0 Å². The van der Waals surface area contributed by atoms with Crippen LogP contribution in [0.5, 0.6) is 5.75 Å². The molecule has 2 aliphatic heterocycles. The average Bonchev–Trinajstić information content (AvgIpc) is 3.25. The molecule has 2 aliphatic rings. The normalized spacial score (nSPS) is 19.5. The van der Waals surface area contributed by atoms with Gasteiger partial charge >= 0.3 is 0 Å². The number of hydrogen-bond donors (Lipinski definition) is 0. The van der Waals surface area contributed by atoms with Crippen LogP contribution in [-0.2, 0) is 0 Å². The Kier molecular flexibility index (Phi) is 4.22. The molecule has 6 rings (SSSR count). The predicted molar refractivity (Wildman–Crippen MR) is 121 cm³/mol. The maximum Gasteiger partial charge on any atom is 0.213 e. The first-order chi connectivity index (χ1) is 15.2. The fourth-order valence-corrected chi connectivity index (χ4v) is 4.63. The van der Waals surface area contributed by atoms with Crippen molar-refractivity contribution in [2.75, 3.05) is 0 Å². The second-order valence-electron chi connectivity index (χ2n) is 7.91. The summed E-state index contributed by atoms with van der Waals surface area (Å²) in [5, 5.41) is 10.0. The molecule has 152 valence electrons. The van der Waals surface area contributed by atoms with Gasteiger partial charge < -0.3 is 4.74 Å². The van der Waals surface area contributed by atoms with Gasteiger partial charge in [0, 0.05) is 22.6 Å². The predicted octanol–water partition coefficient (Wildman–Crippen LogP) is 6.87. The molecule has 2 atom stereocenters. The maximum absolute atomic E-state index is 13.5. The molecule has 0 saturated carbocycles. The van der Waals surface area contributed by atoms with Crippen LogP contribution in [-0.4, -0.2) is 10.7 Å². The Labute approximate surface area is 184 Å². The fourth-order valence-electron chi connectivity index (χ4n) is 4.45. The van der Waals surface area contributed by atoms with Crippen molar-refractivity contribution in [2.45, 2.75) is 18.7 Å². The third kappa shape index (κ3) is 3.15. The summed E-state index contributed by atoms with van der Waals surface area (Å²) in [6, 6.07) is 26.8. The lowest BCUT2D eigenvalue weighted by Gasteiger charge is -2.38. The SMILES string of the molecule is Fc1ccc(C2Oc3ccc(Cl)cc3C3CC(c4ccc5ccccc5c4)=NN32)cc1. The molecule has 3 nitrogen and oxygen atoms in total. The van der Waals surface area contributed by atoms with E-state index in [0.29, 0.717) is 5.02 Å². The van der Waals surface area contributed by atoms with E-state index < -0.39 is 6.23 Å². The van der Waals surface area contributed by atoms with Crippen molar-refractivity contribution in [3.8, 4) is 5.75 Å². The third-order valence-electron chi connectivity index (χ3n) is 5.99. The number of halogens is 2. The monoisotopic (exact) mass is 428 g/mol. The smallest absolute Gasteiger partial charge is 0.213 e. The lowest BCUT2D eigenvalue weighted by molar-refractivity contribution is -0.0190. The molecule has 2 heterocycles. The minimum atomic E-state index is -0.433. The van der Waals surface area contributed by atoms with Gasteiger partial charge in [0.25, 0.3) is 0 Å². The number of benzene rings is 4. The Bertz CT molecular complexity index is 1340. The van der Waals surface area contributed by atoms with Gasteiger partial charge in [0.05, 0.1) is 11.8 Å². The maximum atomic E-state index is 13.5. The largest absolute Gasteiger partial charge is 0.464 e. The van der Waals surface area contributed by atoms with Gasteiger partial charge in [0.1, 0.15) is 11.6 Å². The summed E-state index contributed by atoms with van der Waals surface area (Å²) < 4.78 is 19.8. The van der Waals surface area contributed by atoms with Gasteiger partial charge in [-0.1, -0.05) is 60.1 Å². The summed E-state index contributed by atoms with van der Waals surface area (Å²) in [6.07, 6.45) is 0.310. The first-order valence-electron chi connectivity index (χ1n) is 10.2. The fraction of sp³-hybridized carbons (Fsp3) is 0.115. The van der Waals surface area contributed by atoms with Crippen LogP contribution in [0.1, 0.15) is 35.4 Å². The highest BCUT2D eigenvalue weighted by atomic mass is 35.5. The molecule has 0 spiro atoms. The molecule has 0 bridgehead atoms. The Hall–Kier alpha value is -3.37. The molecule has 0 saturated heterocycles. The van der Waals surface area contributed by atoms with Gasteiger partial charge in [-0.25, -0.2) is 9.40 Å². The number of nitrogens with zero attached hydrogens (tertiary/aromatic N) is 2. The molecule has 0 radical (unpaired) electrons. The van der Waals surface area contributed by atoms with Crippen LogP contribution in [0.15, 0.2) is 90.0 Å². The highest BCUT2D eigenvalue weighted by Crippen LogP contribution is 2.48. The van der Waals surface area contributed by atoms with E-state index in [4.69, 9.17) is 21.4 Å². The van der Waals surface area contributed by atoms with Gasteiger partial charge in [-0.2, -0.15) is 5.10 Å². The zero-order valence-corrected chi connectivity index (χ0v) is 17.3. The van der Waals surface area contributed by atoms with E-state index in [2.05, 4.69) is 30.3 Å². The molecule has 5 heteroatoms. The van der Waals surface area contributed by atoms with Crippen molar-refractivity contribution in [3.05, 3.63) is 112 Å². The van der Waals surface area contributed by atoms with Crippen LogP contribution in [0, 0.1) is 5.82 Å². The molecule has 0 N–H and O–H groups in total. The highest BCUT2D eigenvalue weighted by molar-refractivity contribution is 6.30. The lowest BCUT2D eigenvalue weighted by Crippen LogP contribution is -2.33. The van der Waals surface area contributed by atoms with Crippen LogP contribution >= 0.6 is 11.6 Å². The van der Waals surface area contributed by atoms with Gasteiger partial charge in [-0.3, -0.25) is 0 Å². The summed E-state index contributed by atoms with van der Waals surface area (Å²) in [7, 11) is 0. The second-order valence-corrected chi connectivity index (χ2v) is 8.35. The highest BCUT2D eigenvalue weighted by Gasteiger charge is 2.41. The number of fused-ring (bicyclic) bond motifs is 4. The molecule has 0 aliphatic carbocycles. The van der Waals surface area contributed by atoms with Crippen molar-refractivity contribution in [1.82, 2.24) is 5.01 Å². The van der Waals surface area contributed by atoms with Gasteiger partial charge in [-0.15, -0.1) is 0 Å². The number of ether oxygens (including phenoxy) is 1. The molecule has 4 aromatic carbocycles. The van der Waals surface area contributed by atoms with E-state index in [1.165, 1.54) is 22.9 Å². The number of rotatable bonds is 2. The van der Waals surface area contributed by atoms with Gasteiger partial charge in [0.2, 0.25) is 6.23 Å². The van der Waals surface area contributed by atoms with Crippen LogP contribution in [0.25, 0.3) is 10.8 Å². The standard InChI is InChI=1S/C26H18ClFN2O/c27-20-9-12-25-22(14-20)24-15-23(19-6-5-16-3-1-2-4-18(16)13-19)29-30(24)26(31-25)17-7-10-21(28)11-8-17/h1-14,24,26H,15H2. The zero-order chi connectivity index (χ0) is 20.9. The van der Waals surface area contributed by atoms with E-state index in [0.717, 1.165) is 34.6 Å². The quantitative estimate of drug-likeness (QED) is 0.348. The Balaban J connectivity index is 1.45. The van der Waals surface area contributed by atoms with E-state index in [-0.39, 0.29) is 11.9 Å². The van der Waals surface area contributed by atoms with Crippen molar-refractivity contribution in [3.63, 3.8) is 0 Å². The average molecular weight is 429 g/mol. The first kappa shape index (κ1) is 18.4. The Morgan fingerprint density at radius 1 is 0.903 bits per heavy atom. The van der Waals surface area contributed by atoms with E-state index in [1.54, 1.807) is 12.1 Å². The van der Waals surface area contributed by atoms with Crippen molar-refractivity contribution in [2.24, 2.45) is 5.10 Å². The van der Waals surface area contributed by atoms with E-state index in [1.807, 2.05) is 35.3 Å². The third-order valence-corrected chi connectivity index (χ3v) is 6.22. The number of hydrazone groups is 1. The minimum absolute atomic E-state index is 0.000951. The summed E-state index contributed by atoms with van der Waals surface area (Å²) in [4.78, 5) is 0. The van der Waals surface area contributed by atoms with Crippen LogP contribution in [0.2, 0.25) is 5.02 Å². The van der Waals surface area contributed by atoms with Crippen LogP contribution in [0.4, 0.5) is 4.39 Å². The Morgan fingerprint density at radius 2 is 1.71 bits per heavy atom. The summed E-state index contributed by atoms with van der Waals surface area (Å²) in [5.74, 6) is 0.514. The zero-order valence-electron chi connectivity index (χ0n) is 16.5. The molecule has 0 aromatic heterocycles. The molecule has 31 heavy (non-hydrogen) atoms. The minimum Gasteiger partial charge on any atom is -0.464 e. The summed E-state index contributed by atoms with van der Waals surface area (Å²) >= 11 is 6.30. The topological polar surface area (TPSA) is 24.8 Å².